The Hall–Kier alpha value is -2.68. The van der Waals surface area contributed by atoms with E-state index in [-0.39, 0.29) is 30.5 Å². The quantitative estimate of drug-likeness (QED) is 0.827. The third kappa shape index (κ3) is 4.02. The Morgan fingerprint density at radius 2 is 1.93 bits per heavy atom. The molecule has 2 aromatic rings. The molecule has 2 N–H and O–H groups in total. The van der Waals surface area contributed by atoms with Gasteiger partial charge in [-0.15, -0.1) is 0 Å². The van der Waals surface area contributed by atoms with Gasteiger partial charge in [-0.2, -0.15) is 5.26 Å². The lowest BCUT2D eigenvalue weighted by atomic mass is 9.77. The maximum absolute atomic E-state index is 11.7. The van der Waals surface area contributed by atoms with Crippen LogP contribution in [0.2, 0.25) is 0 Å². The summed E-state index contributed by atoms with van der Waals surface area (Å²) >= 11 is 0. The van der Waals surface area contributed by atoms with Crippen LogP contribution in [0.3, 0.4) is 0 Å². The Morgan fingerprint density at radius 1 is 1.19 bits per heavy atom. The molecule has 1 amide bonds. The number of hydrogen-bond acceptors (Lipinski definition) is 4. The number of hydrogen-bond donors (Lipinski definition) is 2. The van der Waals surface area contributed by atoms with Gasteiger partial charge in [-0.3, -0.25) is 4.79 Å². The molecule has 3 rings (SSSR count). The largest absolute Gasteiger partial charge is 0.395 e. The normalized spacial score (nSPS) is 21.2. The van der Waals surface area contributed by atoms with Crippen LogP contribution in [-0.4, -0.2) is 47.7 Å². The first-order chi connectivity index (χ1) is 13.1. The minimum absolute atomic E-state index is 0.00781. The molecule has 0 radical (unpaired) electrons. The zero-order valence-electron chi connectivity index (χ0n) is 15.7. The van der Waals surface area contributed by atoms with Gasteiger partial charge in [0.05, 0.1) is 18.2 Å². The number of rotatable bonds is 6. The topological polar surface area (TPSA) is 76.4 Å². The van der Waals surface area contributed by atoms with Gasteiger partial charge in [0.15, 0.2) is 0 Å². The zero-order chi connectivity index (χ0) is 19.4. The summed E-state index contributed by atoms with van der Waals surface area (Å²) in [7, 11) is 0. The SMILES string of the molecule is CCN(C[C@H]1N[C@H](CO)[C@H]1c1ccc(-c2cccc(C#N)c2)cc1)C(C)=O. The van der Waals surface area contributed by atoms with Crippen LogP contribution in [0.4, 0.5) is 0 Å². The Bertz CT molecular complexity index is 841. The van der Waals surface area contributed by atoms with E-state index < -0.39 is 0 Å². The molecule has 1 aliphatic heterocycles. The van der Waals surface area contributed by atoms with Crippen LogP contribution < -0.4 is 5.32 Å². The van der Waals surface area contributed by atoms with Gasteiger partial charge in [0.25, 0.3) is 0 Å². The number of carbonyl (C=O) groups is 1. The Kier molecular flexibility index (Phi) is 5.90. The molecule has 1 aliphatic rings. The number of nitriles is 1. The number of nitrogens with zero attached hydrogens (tertiary/aromatic N) is 2. The van der Waals surface area contributed by atoms with Gasteiger partial charge >= 0.3 is 0 Å². The van der Waals surface area contributed by atoms with Crippen molar-refractivity contribution >= 4 is 5.91 Å². The second kappa shape index (κ2) is 8.34. The highest BCUT2D eigenvalue weighted by Crippen LogP contribution is 2.34. The Balaban J connectivity index is 1.79. The first kappa shape index (κ1) is 19.1. The van der Waals surface area contributed by atoms with Crippen molar-refractivity contribution in [3.8, 4) is 17.2 Å². The van der Waals surface area contributed by atoms with Crippen LogP contribution in [0.25, 0.3) is 11.1 Å². The molecule has 27 heavy (non-hydrogen) atoms. The minimum atomic E-state index is 0.00781. The van der Waals surface area contributed by atoms with E-state index in [0.717, 1.165) is 16.7 Å². The van der Waals surface area contributed by atoms with Gasteiger partial charge in [-0.05, 0) is 35.7 Å². The summed E-state index contributed by atoms with van der Waals surface area (Å²) in [5.41, 5.74) is 3.86. The second-order valence-electron chi connectivity index (χ2n) is 6.96. The van der Waals surface area contributed by atoms with Gasteiger partial charge in [0.1, 0.15) is 0 Å². The third-order valence-electron chi connectivity index (χ3n) is 5.36. The summed E-state index contributed by atoms with van der Waals surface area (Å²) in [6.07, 6.45) is 0. The van der Waals surface area contributed by atoms with Crippen molar-refractivity contribution in [1.82, 2.24) is 10.2 Å². The number of carbonyl (C=O) groups excluding carboxylic acids is 1. The number of aliphatic hydroxyl groups is 1. The van der Waals surface area contributed by atoms with E-state index in [1.807, 2.05) is 30.0 Å². The number of amides is 1. The molecule has 0 bridgehead atoms. The molecular formula is C22H25N3O2. The van der Waals surface area contributed by atoms with Gasteiger partial charge in [-0.1, -0.05) is 36.4 Å². The maximum atomic E-state index is 11.7. The van der Waals surface area contributed by atoms with E-state index in [2.05, 4.69) is 35.7 Å². The molecule has 5 heteroatoms. The smallest absolute Gasteiger partial charge is 0.219 e. The molecule has 1 saturated heterocycles. The van der Waals surface area contributed by atoms with Crippen molar-refractivity contribution in [1.29, 1.82) is 5.26 Å². The van der Waals surface area contributed by atoms with Crippen molar-refractivity contribution in [3.63, 3.8) is 0 Å². The van der Waals surface area contributed by atoms with Crippen LogP contribution in [0.5, 0.6) is 0 Å². The summed E-state index contributed by atoms with van der Waals surface area (Å²) in [4.78, 5) is 13.5. The lowest BCUT2D eigenvalue weighted by molar-refractivity contribution is -0.129. The van der Waals surface area contributed by atoms with Gasteiger partial charge < -0.3 is 15.3 Å². The van der Waals surface area contributed by atoms with E-state index in [9.17, 15) is 9.90 Å². The second-order valence-corrected chi connectivity index (χ2v) is 6.96. The van der Waals surface area contributed by atoms with Crippen LogP contribution in [0, 0.1) is 11.3 Å². The standard InChI is InChI=1S/C22H25N3O2/c1-3-25(15(2)27)13-20-22(21(14-26)24-20)18-9-7-17(8-10-18)19-6-4-5-16(11-19)12-23/h4-11,20-22,24,26H,3,13-14H2,1-2H3/t20-,21-,22+/m1/s1. The van der Waals surface area contributed by atoms with Crippen LogP contribution >= 0.6 is 0 Å². The average Bonchev–Trinajstić information content (AvgIpc) is 2.68. The lowest BCUT2D eigenvalue weighted by Gasteiger charge is -2.47. The van der Waals surface area contributed by atoms with Crippen molar-refractivity contribution in [2.75, 3.05) is 19.7 Å². The minimum Gasteiger partial charge on any atom is -0.395 e. The molecule has 0 unspecified atom stereocenters. The fraction of sp³-hybridized carbons (Fsp3) is 0.364. The summed E-state index contributed by atoms with van der Waals surface area (Å²) in [5, 5.41) is 22.1. The van der Waals surface area contributed by atoms with Crippen molar-refractivity contribution < 1.29 is 9.90 Å². The Labute approximate surface area is 160 Å². The molecule has 1 heterocycles. The molecule has 1 fully saturated rings. The number of likely N-dealkylation sites (N-methyl/N-ethyl adjacent to an activating group) is 1. The molecule has 0 saturated carbocycles. The van der Waals surface area contributed by atoms with Crippen molar-refractivity contribution in [2.45, 2.75) is 31.8 Å². The molecule has 0 spiro atoms. The number of aliphatic hydroxyl groups excluding tert-OH is 1. The van der Waals surface area contributed by atoms with E-state index in [1.54, 1.807) is 13.0 Å². The van der Waals surface area contributed by atoms with Crippen molar-refractivity contribution in [3.05, 3.63) is 59.7 Å². The van der Waals surface area contributed by atoms with E-state index in [1.165, 1.54) is 0 Å². The van der Waals surface area contributed by atoms with Crippen LogP contribution in [0.1, 0.15) is 30.9 Å². The molecule has 140 valence electrons. The predicted molar refractivity (Wildman–Crippen MR) is 105 cm³/mol. The molecule has 3 atom stereocenters. The van der Waals surface area contributed by atoms with E-state index in [4.69, 9.17) is 5.26 Å². The Morgan fingerprint density at radius 3 is 2.52 bits per heavy atom. The lowest BCUT2D eigenvalue weighted by Crippen LogP contribution is -2.65. The average molecular weight is 363 g/mol. The number of benzene rings is 2. The van der Waals surface area contributed by atoms with E-state index >= 15 is 0 Å². The zero-order valence-corrected chi connectivity index (χ0v) is 15.7. The number of nitrogens with one attached hydrogen (secondary N) is 1. The molecule has 0 aromatic heterocycles. The first-order valence-corrected chi connectivity index (χ1v) is 9.30. The first-order valence-electron chi connectivity index (χ1n) is 9.30. The third-order valence-corrected chi connectivity index (χ3v) is 5.36. The van der Waals surface area contributed by atoms with Gasteiger partial charge in [-0.25, -0.2) is 0 Å². The fourth-order valence-corrected chi connectivity index (χ4v) is 3.83. The summed E-state index contributed by atoms with van der Waals surface area (Å²) in [6.45, 7) is 4.95. The summed E-state index contributed by atoms with van der Waals surface area (Å²) in [6, 6.07) is 18.1. The van der Waals surface area contributed by atoms with Gasteiger partial charge in [0.2, 0.25) is 5.91 Å². The highest BCUT2D eigenvalue weighted by atomic mass is 16.3. The highest BCUT2D eigenvalue weighted by molar-refractivity contribution is 5.73. The van der Waals surface area contributed by atoms with Crippen molar-refractivity contribution in [2.24, 2.45) is 0 Å². The maximum Gasteiger partial charge on any atom is 0.219 e. The summed E-state index contributed by atoms with van der Waals surface area (Å²) < 4.78 is 0. The molecule has 5 nitrogen and oxygen atoms in total. The monoisotopic (exact) mass is 363 g/mol. The van der Waals surface area contributed by atoms with Crippen LogP contribution in [0.15, 0.2) is 48.5 Å². The highest BCUT2D eigenvalue weighted by Gasteiger charge is 2.41. The molecule has 0 aliphatic carbocycles. The summed E-state index contributed by atoms with van der Waals surface area (Å²) in [5.74, 6) is 0.237. The van der Waals surface area contributed by atoms with Gasteiger partial charge in [0, 0.05) is 38.0 Å². The predicted octanol–water partition coefficient (Wildman–Crippen LogP) is 2.51. The molecule has 2 aromatic carbocycles. The van der Waals surface area contributed by atoms with Crippen LogP contribution in [-0.2, 0) is 4.79 Å². The van der Waals surface area contributed by atoms with E-state index in [0.29, 0.717) is 18.7 Å². The molecular weight excluding hydrogens is 338 g/mol. The fourth-order valence-electron chi connectivity index (χ4n) is 3.83.